The maximum absolute atomic E-state index is 13.0. The van der Waals surface area contributed by atoms with Crippen molar-refractivity contribution in [1.82, 2.24) is 4.98 Å². The summed E-state index contributed by atoms with van der Waals surface area (Å²) in [6.07, 6.45) is -0.524. The summed E-state index contributed by atoms with van der Waals surface area (Å²) in [4.78, 5) is 30.3. The van der Waals surface area contributed by atoms with E-state index in [-0.39, 0.29) is 5.91 Å². The molecule has 0 radical (unpaired) electrons. The van der Waals surface area contributed by atoms with Crippen LogP contribution < -0.4 is 5.32 Å². The normalized spacial score (nSPS) is 11.8. The fraction of sp³-hybridized carbons (Fsp3) is 0.160. The number of para-hydroxylation sites is 1. The van der Waals surface area contributed by atoms with Crippen LogP contribution in [0.2, 0.25) is 0 Å². The van der Waals surface area contributed by atoms with Crippen molar-refractivity contribution in [2.45, 2.75) is 26.4 Å². The van der Waals surface area contributed by atoms with Gasteiger partial charge in [-0.25, -0.2) is 9.78 Å². The van der Waals surface area contributed by atoms with Crippen LogP contribution in [0.5, 0.6) is 0 Å². The molecule has 5 nitrogen and oxygen atoms in total. The number of esters is 1. The molecule has 1 N–H and O–H groups in total. The van der Waals surface area contributed by atoms with Crippen LogP contribution >= 0.6 is 11.3 Å². The number of carbonyl (C=O) groups excluding carboxylic acids is 2. The fourth-order valence-corrected chi connectivity index (χ4v) is 4.21. The zero-order valence-corrected chi connectivity index (χ0v) is 18.1. The predicted octanol–water partition coefficient (Wildman–Crippen LogP) is 5.85. The monoisotopic (exact) mass is 430 g/mol. The predicted molar refractivity (Wildman–Crippen MR) is 124 cm³/mol. The molecular formula is C25H22N2O3S. The molecule has 31 heavy (non-hydrogen) atoms. The third kappa shape index (κ3) is 4.64. The number of amides is 1. The molecule has 0 fully saturated rings. The number of benzene rings is 3. The van der Waals surface area contributed by atoms with Gasteiger partial charge in [0.25, 0.3) is 5.91 Å². The number of aromatic nitrogens is 1. The molecule has 0 aliphatic heterocycles. The second-order valence-electron chi connectivity index (χ2n) is 7.19. The first-order valence-electron chi connectivity index (χ1n) is 10.1. The third-order valence-electron chi connectivity index (χ3n) is 4.90. The smallest absolute Gasteiger partial charge is 0.339 e. The number of aryl methyl sites for hydroxylation is 1. The molecule has 0 spiro atoms. The summed E-state index contributed by atoms with van der Waals surface area (Å²) in [5.74, 6) is -0.891. The number of anilines is 1. The van der Waals surface area contributed by atoms with Crippen molar-refractivity contribution in [3.05, 3.63) is 83.9 Å². The summed E-state index contributed by atoms with van der Waals surface area (Å²) in [5, 5.41) is 3.56. The Morgan fingerprint density at radius 1 is 1.00 bits per heavy atom. The standard InChI is InChI=1S/C25H22N2O3S/c1-3-21(23(28)26-17-14-12-16(2)13-15-17)30-25(29)19-9-5-4-8-18(19)24-27-20-10-6-7-11-22(20)31-24/h4-15,21H,3H2,1-2H3,(H,26,28). The molecule has 1 unspecified atom stereocenters. The Balaban J connectivity index is 1.55. The minimum absolute atomic E-state index is 0.350. The molecule has 1 atom stereocenters. The Labute approximate surface area is 184 Å². The fourth-order valence-electron chi connectivity index (χ4n) is 3.21. The summed E-state index contributed by atoms with van der Waals surface area (Å²) < 4.78 is 6.65. The van der Waals surface area contributed by atoms with E-state index in [4.69, 9.17) is 4.74 Å². The highest BCUT2D eigenvalue weighted by molar-refractivity contribution is 7.21. The van der Waals surface area contributed by atoms with Crippen molar-refractivity contribution in [1.29, 1.82) is 0 Å². The number of ether oxygens (including phenoxy) is 1. The second kappa shape index (κ2) is 9.10. The number of rotatable bonds is 6. The van der Waals surface area contributed by atoms with E-state index in [0.29, 0.717) is 23.2 Å². The van der Waals surface area contributed by atoms with Crippen molar-refractivity contribution in [2.24, 2.45) is 0 Å². The van der Waals surface area contributed by atoms with Gasteiger partial charge < -0.3 is 10.1 Å². The van der Waals surface area contributed by atoms with Gasteiger partial charge >= 0.3 is 5.97 Å². The van der Waals surface area contributed by atoms with Gasteiger partial charge in [0.15, 0.2) is 6.10 Å². The van der Waals surface area contributed by atoms with Gasteiger partial charge in [0.05, 0.1) is 15.8 Å². The highest BCUT2D eigenvalue weighted by Gasteiger charge is 2.24. The SMILES string of the molecule is CCC(OC(=O)c1ccccc1-c1nc2ccccc2s1)C(=O)Nc1ccc(C)cc1. The van der Waals surface area contributed by atoms with Crippen molar-refractivity contribution in [3.8, 4) is 10.6 Å². The molecule has 4 aromatic rings. The molecule has 156 valence electrons. The first kappa shape index (κ1) is 20.8. The number of hydrogen-bond donors (Lipinski definition) is 1. The lowest BCUT2D eigenvalue weighted by Gasteiger charge is -2.17. The van der Waals surface area contributed by atoms with Crippen LogP contribution in [-0.4, -0.2) is 23.0 Å². The van der Waals surface area contributed by atoms with Gasteiger partial charge in [0.1, 0.15) is 5.01 Å². The molecule has 1 amide bonds. The van der Waals surface area contributed by atoms with E-state index in [0.717, 1.165) is 20.8 Å². The van der Waals surface area contributed by atoms with Gasteiger partial charge in [0.2, 0.25) is 0 Å². The van der Waals surface area contributed by atoms with Crippen molar-refractivity contribution < 1.29 is 14.3 Å². The van der Waals surface area contributed by atoms with E-state index < -0.39 is 12.1 Å². The number of hydrogen-bond acceptors (Lipinski definition) is 5. The molecular weight excluding hydrogens is 408 g/mol. The van der Waals surface area contributed by atoms with Gasteiger partial charge in [0, 0.05) is 11.3 Å². The van der Waals surface area contributed by atoms with Crippen LogP contribution in [0.15, 0.2) is 72.8 Å². The van der Waals surface area contributed by atoms with Crippen LogP contribution in [0.1, 0.15) is 29.3 Å². The molecule has 0 saturated heterocycles. The van der Waals surface area contributed by atoms with E-state index in [2.05, 4.69) is 10.3 Å². The molecule has 1 heterocycles. The van der Waals surface area contributed by atoms with Crippen LogP contribution in [0.4, 0.5) is 5.69 Å². The van der Waals surface area contributed by atoms with Gasteiger partial charge in [-0.3, -0.25) is 4.79 Å². The molecule has 0 aliphatic rings. The van der Waals surface area contributed by atoms with Crippen molar-refractivity contribution >= 4 is 39.1 Å². The summed E-state index contributed by atoms with van der Waals surface area (Å²) >= 11 is 1.52. The topological polar surface area (TPSA) is 68.3 Å². The van der Waals surface area contributed by atoms with Gasteiger partial charge in [-0.2, -0.15) is 0 Å². The first-order chi connectivity index (χ1) is 15.0. The first-order valence-corrected chi connectivity index (χ1v) is 10.9. The van der Waals surface area contributed by atoms with Crippen LogP contribution in [0.25, 0.3) is 20.8 Å². The van der Waals surface area contributed by atoms with E-state index >= 15 is 0 Å². The average Bonchev–Trinajstić information content (AvgIpc) is 3.23. The lowest BCUT2D eigenvalue weighted by molar-refractivity contribution is -0.124. The number of carbonyl (C=O) groups is 2. The van der Waals surface area contributed by atoms with Gasteiger partial charge in [-0.05, 0) is 43.7 Å². The van der Waals surface area contributed by atoms with E-state index in [1.165, 1.54) is 11.3 Å². The molecule has 3 aromatic carbocycles. The molecule has 4 rings (SSSR count). The number of thiazole rings is 1. The summed E-state index contributed by atoms with van der Waals surface area (Å²) in [5.41, 5.74) is 3.74. The number of fused-ring (bicyclic) bond motifs is 1. The molecule has 0 saturated carbocycles. The maximum atomic E-state index is 13.0. The lowest BCUT2D eigenvalue weighted by Crippen LogP contribution is -2.32. The van der Waals surface area contributed by atoms with Crippen molar-refractivity contribution in [3.63, 3.8) is 0 Å². The van der Waals surface area contributed by atoms with Crippen LogP contribution in [-0.2, 0) is 9.53 Å². The number of nitrogens with one attached hydrogen (secondary N) is 1. The Bertz CT molecular complexity index is 1200. The minimum atomic E-state index is -0.891. The highest BCUT2D eigenvalue weighted by Crippen LogP contribution is 2.32. The summed E-state index contributed by atoms with van der Waals surface area (Å²) in [6, 6.07) is 22.5. The molecule has 0 bridgehead atoms. The zero-order valence-electron chi connectivity index (χ0n) is 17.3. The van der Waals surface area contributed by atoms with Crippen molar-refractivity contribution in [2.75, 3.05) is 5.32 Å². The van der Waals surface area contributed by atoms with Gasteiger partial charge in [-0.15, -0.1) is 11.3 Å². The van der Waals surface area contributed by atoms with Crippen LogP contribution in [0, 0.1) is 6.92 Å². The van der Waals surface area contributed by atoms with E-state index in [1.54, 1.807) is 12.1 Å². The Kier molecular flexibility index (Phi) is 6.09. The second-order valence-corrected chi connectivity index (χ2v) is 8.22. The zero-order chi connectivity index (χ0) is 21.8. The summed E-state index contributed by atoms with van der Waals surface area (Å²) in [7, 11) is 0. The maximum Gasteiger partial charge on any atom is 0.339 e. The minimum Gasteiger partial charge on any atom is -0.449 e. The van der Waals surface area contributed by atoms with E-state index in [9.17, 15) is 9.59 Å². The summed E-state index contributed by atoms with van der Waals surface area (Å²) in [6.45, 7) is 3.79. The molecule has 1 aromatic heterocycles. The van der Waals surface area contributed by atoms with Gasteiger partial charge in [-0.1, -0.05) is 55.0 Å². The quantitative estimate of drug-likeness (QED) is 0.390. The largest absolute Gasteiger partial charge is 0.449 e. The Hall–Kier alpha value is -3.51. The molecule has 0 aliphatic carbocycles. The average molecular weight is 431 g/mol. The lowest BCUT2D eigenvalue weighted by atomic mass is 10.1. The molecule has 6 heteroatoms. The third-order valence-corrected chi connectivity index (χ3v) is 5.97. The Morgan fingerprint density at radius 2 is 1.71 bits per heavy atom. The van der Waals surface area contributed by atoms with Crippen LogP contribution in [0.3, 0.4) is 0 Å². The number of nitrogens with zero attached hydrogens (tertiary/aromatic N) is 1. The van der Waals surface area contributed by atoms with E-state index in [1.807, 2.05) is 74.5 Å². The Morgan fingerprint density at radius 3 is 2.45 bits per heavy atom. The highest BCUT2D eigenvalue weighted by atomic mass is 32.1.